The molecule has 2 rings (SSSR count). The minimum absolute atomic E-state index is 0.0969. The Labute approximate surface area is 119 Å². The van der Waals surface area contributed by atoms with Crippen LogP contribution in [0.5, 0.6) is 0 Å². The maximum absolute atomic E-state index is 12.3. The summed E-state index contributed by atoms with van der Waals surface area (Å²) in [5.74, 6) is -1.19. The van der Waals surface area contributed by atoms with Crippen molar-refractivity contribution >= 4 is 38.9 Å². The van der Waals surface area contributed by atoms with Crippen molar-refractivity contribution in [1.82, 2.24) is 4.31 Å². The van der Waals surface area contributed by atoms with Crippen molar-refractivity contribution in [2.45, 2.75) is 23.1 Å². The van der Waals surface area contributed by atoms with Crippen LogP contribution in [0.15, 0.2) is 10.3 Å². The Morgan fingerprint density at radius 1 is 1.63 bits per heavy atom. The van der Waals surface area contributed by atoms with E-state index in [0.717, 1.165) is 15.6 Å². The zero-order valence-electron chi connectivity index (χ0n) is 10.1. The second kappa shape index (κ2) is 4.71. The summed E-state index contributed by atoms with van der Waals surface area (Å²) >= 11 is 6.83. The minimum atomic E-state index is -3.72. The monoisotopic (exact) mass is 324 g/mol. The molecule has 6 nitrogen and oxygen atoms in total. The first-order valence-corrected chi connectivity index (χ1v) is 8.09. The maximum atomic E-state index is 12.3. The van der Waals surface area contributed by atoms with Crippen LogP contribution in [0.25, 0.3) is 0 Å². The first-order valence-electron chi connectivity index (χ1n) is 5.45. The Morgan fingerprint density at radius 2 is 2.26 bits per heavy atom. The molecule has 0 radical (unpaired) electrons. The topological polar surface area (TPSA) is 101 Å². The van der Waals surface area contributed by atoms with Crippen LogP contribution in [0.2, 0.25) is 4.34 Å². The highest BCUT2D eigenvalue weighted by molar-refractivity contribution is 7.91. The van der Waals surface area contributed by atoms with E-state index in [4.69, 9.17) is 22.4 Å². The highest BCUT2D eigenvalue weighted by Crippen LogP contribution is 2.34. The molecule has 106 valence electrons. The highest BCUT2D eigenvalue weighted by Gasteiger charge is 2.46. The lowest BCUT2D eigenvalue weighted by molar-refractivity contribution is -0.142. The van der Waals surface area contributed by atoms with Gasteiger partial charge in [-0.15, -0.1) is 11.3 Å². The second-order valence-electron chi connectivity index (χ2n) is 4.57. The molecule has 0 saturated carbocycles. The Kier molecular flexibility index (Phi) is 3.65. The Hall–Kier alpha value is -0.670. The SMILES string of the molecule is Cc1cc(S(=O)(=O)N2CCC(N)(C(=O)O)C2)sc1Cl. The van der Waals surface area contributed by atoms with E-state index >= 15 is 0 Å². The Morgan fingerprint density at radius 3 is 2.68 bits per heavy atom. The number of halogens is 1. The largest absolute Gasteiger partial charge is 0.480 e. The van der Waals surface area contributed by atoms with E-state index in [1.165, 1.54) is 6.07 Å². The lowest BCUT2D eigenvalue weighted by Gasteiger charge is -2.19. The molecule has 1 fully saturated rings. The number of aryl methyl sites for hydroxylation is 1. The normalized spacial score (nSPS) is 24.8. The number of carbonyl (C=O) groups is 1. The first-order chi connectivity index (χ1) is 8.67. The summed E-state index contributed by atoms with van der Waals surface area (Å²) in [5.41, 5.74) is 4.85. The number of aliphatic carboxylic acids is 1. The molecular weight excluding hydrogens is 312 g/mol. The van der Waals surface area contributed by atoms with Gasteiger partial charge in [-0.1, -0.05) is 11.6 Å². The molecule has 19 heavy (non-hydrogen) atoms. The molecule has 0 aliphatic carbocycles. The summed E-state index contributed by atoms with van der Waals surface area (Å²) in [6.45, 7) is 1.59. The van der Waals surface area contributed by atoms with E-state index in [1.807, 2.05) is 0 Å². The predicted molar refractivity (Wildman–Crippen MR) is 72.0 cm³/mol. The third-order valence-corrected chi connectivity index (χ3v) is 6.97. The van der Waals surface area contributed by atoms with E-state index in [-0.39, 0.29) is 23.7 Å². The van der Waals surface area contributed by atoms with Gasteiger partial charge >= 0.3 is 5.97 Å². The quantitative estimate of drug-likeness (QED) is 0.859. The molecule has 0 bridgehead atoms. The summed E-state index contributed by atoms with van der Waals surface area (Å²) in [5, 5.41) is 9.01. The van der Waals surface area contributed by atoms with Crippen molar-refractivity contribution in [2.24, 2.45) is 5.73 Å². The Balaban J connectivity index is 2.30. The molecule has 3 N–H and O–H groups in total. The van der Waals surface area contributed by atoms with Crippen molar-refractivity contribution in [3.05, 3.63) is 16.0 Å². The van der Waals surface area contributed by atoms with Crippen LogP contribution in [0.4, 0.5) is 0 Å². The molecule has 2 heterocycles. The van der Waals surface area contributed by atoms with Crippen molar-refractivity contribution in [3.8, 4) is 0 Å². The van der Waals surface area contributed by atoms with E-state index < -0.39 is 21.5 Å². The van der Waals surface area contributed by atoms with Gasteiger partial charge in [0.15, 0.2) is 0 Å². The van der Waals surface area contributed by atoms with Gasteiger partial charge in [-0.25, -0.2) is 8.42 Å². The minimum Gasteiger partial charge on any atom is -0.480 e. The average Bonchev–Trinajstić information content (AvgIpc) is 2.86. The predicted octanol–water partition coefficient (Wildman–Crippen LogP) is 0.886. The number of rotatable bonds is 3. The molecular formula is C10H13ClN2O4S2. The molecule has 1 aromatic rings. The molecule has 1 aliphatic rings. The number of nitrogens with zero attached hydrogens (tertiary/aromatic N) is 1. The van der Waals surface area contributed by atoms with Crippen LogP contribution in [0.1, 0.15) is 12.0 Å². The van der Waals surface area contributed by atoms with E-state index in [2.05, 4.69) is 0 Å². The molecule has 0 spiro atoms. The number of nitrogens with two attached hydrogens (primary N) is 1. The van der Waals surface area contributed by atoms with Crippen LogP contribution >= 0.6 is 22.9 Å². The van der Waals surface area contributed by atoms with Gasteiger partial charge in [-0.05, 0) is 25.0 Å². The van der Waals surface area contributed by atoms with Crippen molar-refractivity contribution < 1.29 is 18.3 Å². The summed E-state index contributed by atoms with van der Waals surface area (Å²) in [7, 11) is -3.72. The summed E-state index contributed by atoms with van der Waals surface area (Å²) in [4.78, 5) is 11.0. The van der Waals surface area contributed by atoms with E-state index in [0.29, 0.717) is 9.90 Å². The first kappa shape index (κ1) is 14.7. The summed E-state index contributed by atoms with van der Waals surface area (Å²) < 4.78 is 26.3. The number of thiophene rings is 1. The smallest absolute Gasteiger partial charge is 0.325 e. The van der Waals surface area contributed by atoms with Gasteiger partial charge < -0.3 is 10.8 Å². The number of hydrogen-bond donors (Lipinski definition) is 2. The van der Waals surface area contributed by atoms with Gasteiger partial charge in [0, 0.05) is 13.1 Å². The molecule has 1 saturated heterocycles. The number of sulfonamides is 1. The van der Waals surface area contributed by atoms with Crippen molar-refractivity contribution in [2.75, 3.05) is 13.1 Å². The van der Waals surface area contributed by atoms with Crippen LogP contribution in [-0.4, -0.2) is 42.4 Å². The zero-order chi connectivity index (χ0) is 14.4. The fourth-order valence-corrected chi connectivity index (χ4v) is 5.24. The van der Waals surface area contributed by atoms with Gasteiger partial charge in [0.2, 0.25) is 0 Å². The second-order valence-corrected chi connectivity index (χ2v) is 8.39. The Bertz CT molecular complexity index is 608. The lowest BCUT2D eigenvalue weighted by atomic mass is 10.0. The van der Waals surface area contributed by atoms with E-state index in [1.54, 1.807) is 6.92 Å². The fourth-order valence-electron chi connectivity index (χ4n) is 1.86. The molecule has 0 amide bonds. The number of carboxylic acids is 1. The molecule has 1 atom stereocenters. The van der Waals surface area contributed by atoms with Gasteiger partial charge in [0.05, 0.1) is 4.34 Å². The van der Waals surface area contributed by atoms with Gasteiger partial charge in [-0.3, -0.25) is 4.79 Å². The van der Waals surface area contributed by atoms with Crippen LogP contribution in [0, 0.1) is 6.92 Å². The number of carboxylic acid groups (broad SMARTS) is 1. The highest BCUT2D eigenvalue weighted by atomic mass is 35.5. The standard InChI is InChI=1S/C10H13ClN2O4S2/c1-6-4-7(18-8(6)11)19(16,17)13-3-2-10(12,5-13)9(14)15/h4H,2-3,5,12H2,1H3,(H,14,15). The summed E-state index contributed by atoms with van der Waals surface area (Å²) in [6, 6.07) is 1.49. The fraction of sp³-hybridized carbons (Fsp3) is 0.500. The van der Waals surface area contributed by atoms with E-state index in [9.17, 15) is 13.2 Å². The van der Waals surface area contributed by atoms with Crippen LogP contribution in [0.3, 0.4) is 0 Å². The van der Waals surface area contributed by atoms with Gasteiger partial charge in [-0.2, -0.15) is 4.31 Å². The third-order valence-electron chi connectivity index (χ3n) is 3.12. The van der Waals surface area contributed by atoms with Crippen LogP contribution < -0.4 is 5.73 Å². The molecule has 1 unspecified atom stereocenters. The number of hydrogen-bond acceptors (Lipinski definition) is 5. The van der Waals surface area contributed by atoms with Gasteiger partial charge in [0.1, 0.15) is 9.75 Å². The molecule has 9 heteroatoms. The zero-order valence-corrected chi connectivity index (χ0v) is 12.5. The molecule has 1 aliphatic heterocycles. The van der Waals surface area contributed by atoms with Crippen molar-refractivity contribution in [3.63, 3.8) is 0 Å². The molecule has 1 aromatic heterocycles. The van der Waals surface area contributed by atoms with Crippen LogP contribution in [-0.2, 0) is 14.8 Å². The lowest BCUT2D eigenvalue weighted by Crippen LogP contribution is -2.50. The molecule has 0 aromatic carbocycles. The third kappa shape index (κ3) is 2.50. The van der Waals surface area contributed by atoms with Gasteiger partial charge in [0.25, 0.3) is 10.0 Å². The maximum Gasteiger partial charge on any atom is 0.325 e. The summed E-state index contributed by atoms with van der Waals surface area (Å²) in [6.07, 6.45) is 0.0969. The average molecular weight is 325 g/mol. The van der Waals surface area contributed by atoms with Crippen molar-refractivity contribution in [1.29, 1.82) is 0 Å².